The molecule has 0 aliphatic carbocycles. The minimum atomic E-state index is -0.0425. The molecule has 0 saturated carbocycles. The first-order valence-corrected chi connectivity index (χ1v) is 8.65. The smallest absolute Gasteiger partial charge is 0.260 e. The first-order chi connectivity index (χ1) is 11.6. The van der Waals surface area contributed by atoms with Crippen molar-refractivity contribution in [3.63, 3.8) is 0 Å². The lowest BCUT2D eigenvalue weighted by Crippen LogP contribution is -2.34. The molecule has 1 aliphatic rings. The van der Waals surface area contributed by atoms with Gasteiger partial charge in [-0.2, -0.15) is 0 Å². The third-order valence-electron chi connectivity index (χ3n) is 3.85. The average Bonchev–Trinajstić information content (AvgIpc) is 3.04. The van der Waals surface area contributed by atoms with Crippen molar-refractivity contribution in [3.05, 3.63) is 52.6 Å². The van der Waals surface area contributed by atoms with E-state index in [2.05, 4.69) is 20.9 Å². The Morgan fingerprint density at radius 3 is 3.04 bits per heavy atom. The molecule has 1 aromatic carbocycles. The van der Waals surface area contributed by atoms with Crippen LogP contribution in [0.3, 0.4) is 0 Å². The number of hydrogen-bond donors (Lipinski definition) is 0. The van der Waals surface area contributed by atoms with Crippen LogP contribution >= 0.6 is 15.9 Å². The van der Waals surface area contributed by atoms with E-state index in [0.29, 0.717) is 24.7 Å². The number of carbonyl (C=O) groups excluding carboxylic acids is 1. The van der Waals surface area contributed by atoms with Crippen molar-refractivity contribution in [2.45, 2.75) is 19.4 Å². The van der Waals surface area contributed by atoms with Gasteiger partial charge in [-0.15, -0.1) is 0 Å². The van der Waals surface area contributed by atoms with Gasteiger partial charge in [-0.3, -0.25) is 4.79 Å². The Labute approximate surface area is 149 Å². The summed E-state index contributed by atoms with van der Waals surface area (Å²) in [5.41, 5.74) is 1.11. The number of benzene rings is 1. The van der Waals surface area contributed by atoms with Crippen molar-refractivity contribution in [1.29, 1.82) is 0 Å². The molecule has 3 rings (SSSR count). The topological polar surface area (TPSA) is 51.7 Å². The Kier molecular flexibility index (Phi) is 5.35. The minimum Gasteiger partial charge on any atom is -0.484 e. The second-order valence-electron chi connectivity index (χ2n) is 5.76. The summed E-state index contributed by atoms with van der Waals surface area (Å²) < 4.78 is 12.3. The van der Waals surface area contributed by atoms with Crippen molar-refractivity contribution in [3.8, 4) is 11.6 Å². The zero-order chi connectivity index (χ0) is 16.9. The maximum absolute atomic E-state index is 12.3. The van der Waals surface area contributed by atoms with Crippen LogP contribution in [0.5, 0.6) is 11.6 Å². The molecule has 1 aromatic heterocycles. The van der Waals surface area contributed by atoms with Crippen molar-refractivity contribution in [2.24, 2.45) is 0 Å². The van der Waals surface area contributed by atoms with Crippen LogP contribution in [0.1, 0.15) is 12.0 Å². The maximum Gasteiger partial charge on any atom is 0.260 e. The number of amides is 1. The van der Waals surface area contributed by atoms with Crippen LogP contribution in [0.2, 0.25) is 0 Å². The van der Waals surface area contributed by atoms with Crippen LogP contribution in [-0.2, 0) is 4.79 Å². The number of halogens is 1. The normalized spacial score (nSPS) is 16.9. The van der Waals surface area contributed by atoms with E-state index in [1.807, 2.05) is 43.3 Å². The lowest BCUT2D eigenvalue weighted by Gasteiger charge is -2.17. The molecule has 1 atom stereocenters. The summed E-state index contributed by atoms with van der Waals surface area (Å²) in [5.74, 6) is 1.25. The fourth-order valence-electron chi connectivity index (χ4n) is 2.61. The maximum atomic E-state index is 12.3. The van der Waals surface area contributed by atoms with Crippen LogP contribution in [0, 0.1) is 6.92 Å². The van der Waals surface area contributed by atoms with E-state index in [9.17, 15) is 4.79 Å². The standard InChI is InChI=1S/C18H19BrN2O3/c1-13-4-2-5-14(10-13)23-12-17(22)21-9-7-15(11-21)24-18-16(19)6-3-8-20-18/h2-6,8,10,15H,7,9,11-12H2,1H3. The number of aromatic nitrogens is 1. The summed E-state index contributed by atoms with van der Waals surface area (Å²) in [7, 11) is 0. The molecule has 0 spiro atoms. The Bertz CT molecular complexity index is 723. The van der Waals surface area contributed by atoms with E-state index in [-0.39, 0.29) is 18.6 Å². The second kappa shape index (κ2) is 7.66. The van der Waals surface area contributed by atoms with Crippen molar-refractivity contribution < 1.29 is 14.3 Å². The first-order valence-electron chi connectivity index (χ1n) is 7.86. The molecule has 1 aliphatic heterocycles. The molecule has 2 heterocycles. The highest BCUT2D eigenvalue weighted by molar-refractivity contribution is 9.10. The molecule has 6 heteroatoms. The van der Waals surface area contributed by atoms with Crippen LogP contribution in [0.15, 0.2) is 47.1 Å². The van der Waals surface area contributed by atoms with E-state index >= 15 is 0 Å². The third kappa shape index (κ3) is 4.26. The lowest BCUT2D eigenvalue weighted by atomic mass is 10.2. The molecule has 5 nitrogen and oxygen atoms in total. The molecule has 1 saturated heterocycles. The quantitative estimate of drug-likeness (QED) is 0.786. The predicted octanol–water partition coefficient (Wildman–Crippen LogP) is 3.21. The van der Waals surface area contributed by atoms with Gasteiger partial charge in [0.05, 0.1) is 11.0 Å². The zero-order valence-electron chi connectivity index (χ0n) is 13.4. The molecule has 1 unspecified atom stereocenters. The van der Waals surface area contributed by atoms with E-state index in [1.165, 1.54) is 0 Å². The fourth-order valence-corrected chi connectivity index (χ4v) is 2.96. The third-order valence-corrected chi connectivity index (χ3v) is 4.46. The van der Waals surface area contributed by atoms with Crippen LogP contribution < -0.4 is 9.47 Å². The van der Waals surface area contributed by atoms with Gasteiger partial charge in [-0.1, -0.05) is 12.1 Å². The number of nitrogens with zero attached hydrogens (tertiary/aromatic N) is 2. The lowest BCUT2D eigenvalue weighted by molar-refractivity contribution is -0.132. The molecule has 1 amide bonds. The molecule has 1 fully saturated rings. The second-order valence-corrected chi connectivity index (χ2v) is 6.62. The van der Waals surface area contributed by atoms with Crippen molar-refractivity contribution >= 4 is 21.8 Å². The number of ether oxygens (including phenoxy) is 2. The van der Waals surface area contributed by atoms with E-state index in [4.69, 9.17) is 9.47 Å². The Balaban J connectivity index is 1.50. The molecular formula is C18H19BrN2O3. The Morgan fingerprint density at radius 2 is 2.25 bits per heavy atom. The molecule has 0 bridgehead atoms. The number of likely N-dealkylation sites (tertiary alicyclic amines) is 1. The summed E-state index contributed by atoms with van der Waals surface area (Å²) in [6, 6.07) is 11.4. The number of pyridine rings is 1. The van der Waals surface area contributed by atoms with E-state index in [1.54, 1.807) is 11.1 Å². The van der Waals surface area contributed by atoms with Gasteiger partial charge in [0, 0.05) is 19.2 Å². The van der Waals surface area contributed by atoms with Crippen molar-refractivity contribution in [2.75, 3.05) is 19.7 Å². The monoisotopic (exact) mass is 390 g/mol. The SMILES string of the molecule is Cc1cccc(OCC(=O)N2CCC(Oc3ncccc3Br)C2)c1. The molecular weight excluding hydrogens is 372 g/mol. The van der Waals surface area contributed by atoms with Crippen LogP contribution in [-0.4, -0.2) is 41.6 Å². The van der Waals surface area contributed by atoms with Crippen LogP contribution in [0.25, 0.3) is 0 Å². The molecule has 0 N–H and O–H groups in total. The van der Waals surface area contributed by atoms with Gasteiger partial charge in [0.1, 0.15) is 11.9 Å². The molecule has 2 aromatic rings. The highest BCUT2D eigenvalue weighted by Gasteiger charge is 2.28. The summed E-state index contributed by atoms with van der Waals surface area (Å²) in [4.78, 5) is 18.3. The molecule has 0 radical (unpaired) electrons. The van der Waals surface area contributed by atoms with E-state index < -0.39 is 0 Å². The van der Waals surface area contributed by atoms with Gasteiger partial charge in [0.2, 0.25) is 5.88 Å². The Hall–Kier alpha value is -2.08. The minimum absolute atomic E-state index is 0.0253. The van der Waals surface area contributed by atoms with Gasteiger partial charge in [-0.25, -0.2) is 4.98 Å². The van der Waals surface area contributed by atoms with Gasteiger partial charge in [0.25, 0.3) is 5.91 Å². The largest absolute Gasteiger partial charge is 0.484 e. The molecule has 126 valence electrons. The summed E-state index contributed by atoms with van der Waals surface area (Å²) in [6.07, 6.45) is 2.44. The number of carbonyl (C=O) groups is 1. The number of hydrogen-bond acceptors (Lipinski definition) is 4. The zero-order valence-corrected chi connectivity index (χ0v) is 15.0. The van der Waals surface area contributed by atoms with Gasteiger partial charge in [-0.05, 0) is 52.7 Å². The average molecular weight is 391 g/mol. The highest BCUT2D eigenvalue weighted by Crippen LogP contribution is 2.24. The highest BCUT2D eigenvalue weighted by atomic mass is 79.9. The fraction of sp³-hybridized carbons (Fsp3) is 0.333. The van der Waals surface area contributed by atoms with Gasteiger partial charge < -0.3 is 14.4 Å². The van der Waals surface area contributed by atoms with Crippen LogP contribution in [0.4, 0.5) is 0 Å². The predicted molar refractivity (Wildman–Crippen MR) is 94.2 cm³/mol. The summed E-state index contributed by atoms with van der Waals surface area (Å²) >= 11 is 3.42. The van der Waals surface area contributed by atoms with Gasteiger partial charge in [0.15, 0.2) is 6.61 Å². The van der Waals surface area contributed by atoms with Crippen molar-refractivity contribution in [1.82, 2.24) is 9.88 Å². The van der Waals surface area contributed by atoms with E-state index in [0.717, 1.165) is 16.5 Å². The number of aryl methyl sites for hydroxylation is 1. The van der Waals surface area contributed by atoms with Gasteiger partial charge >= 0.3 is 0 Å². The first kappa shape index (κ1) is 16.8. The summed E-state index contributed by atoms with van der Waals surface area (Å²) in [6.45, 7) is 3.26. The Morgan fingerprint density at radius 1 is 1.38 bits per heavy atom. The molecule has 24 heavy (non-hydrogen) atoms. The number of rotatable bonds is 5. The summed E-state index contributed by atoms with van der Waals surface area (Å²) in [5, 5.41) is 0.